The largest absolute Gasteiger partial charge is 0.425 e. The van der Waals surface area contributed by atoms with Gasteiger partial charge in [-0.3, -0.25) is 19.4 Å². The molecule has 0 unspecified atom stereocenters. The molecule has 0 aromatic heterocycles. The van der Waals surface area contributed by atoms with Gasteiger partial charge in [0.05, 0.1) is 31.2 Å². The lowest BCUT2D eigenvalue weighted by Crippen LogP contribution is -2.55. The van der Waals surface area contributed by atoms with Crippen LogP contribution >= 0.6 is 73.4 Å². The number of benzene rings is 4. The minimum Gasteiger partial charge on any atom is -0.410 e. The van der Waals surface area contributed by atoms with Crippen LogP contribution in [0.4, 0.5) is 35.9 Å². The van der Waals surface area contributed by atoms with Gasteiger partial charge in [0.1, 0.15) is 30.6 Å². The number of aldehydes is 1. The average molecular weight is 1190 g/mol. The van der Waals surface area contributed by atoms with Crippen LogP contribution < -0.4 is 9.47 Å². The van der Waals surface area contributed by atoms with Gasteiger partial charge in [-0.1, -0.05) is 94.9 Å². The van der Waals surface area contributed by atoms with Crippen LogP contribution in [0.2, 0.25) is 20.1 Å². The third kappa shape index (κ3) is 22.1. The first-order valence-corrected chi connectivity index (χ1v) is 23.4. The average Bonchev–Trinajstić information content (AvgIpc) is 3.30. The number of carbonyl (C=O) groups is 5. The number of halogens is 10. The van der Waals surface area contributed by atoms with E-state index in [0.29, 0.717) is 17.4 Å². The van der Waals surface area contributed by atoms with Crippen LogP contribution in [0.3, 0.4) is 0 Å². The second-order valence-corrected chi connectivity index (χ2v) is 17.7. The summed E-state index contributed by atoms with van der Waals surface area (Å²) in [5, 5.41) is 10.2. The van der Waals surface area contributed by atoms with Crippen molar-refractivity contribution in [3.05, 3.63) is 128 Å². The molecule has 0 spiro atoms. The number of ether oxygens (including phenoxy) is 2. The number of rotatable bonds is 18. The Morgan fingerprint density at radius 2 is 0.919 bits per heavy atom. The zero-order valence-corrected chi connectivity index (χ0v) is 45.5. The van der Waals surface area contributed by atoms with E-state index in [1.807, 2.05) is 0 Å². The maximum atomic E-state index is 13.1. The van der Waals surface area contributed by atoms with Gasteiger partial charge in [0.15, 0.2) is 0 Å². The van der Waals surface area contributed by atoms with Crippen molar-refractivity contribution in [3.63, 3.8) is 0 Å². The number of alkyl halides is 6. The van der Waals surface area contributed by atoms with E-state index < -0.39 is 70.9 Å². The monoisotopic (exact) mass is 1190 g/mol. The van der Waals surface area contributed by atoms with Gasteiger partial charge in [-0.15, -0.1) is 12.6 Å². The quantitative estimate of drug-likeness (QED) is 0.0737. The molecule has 0 saturated heterocycles. The molecule has 4 amide bonds. The van der Waals surface area contributed by atoms with Crippen LogP contribution in [0.25, 0.3) is 0 Å². The number of hydrogen-bond donors (Lipinski definition) is 1. The number of aliphatic hydroxyl groups is 1. The molecule has 15 nitrogen and oxygen atoms in total. The molecule has 0 fully saturated rings. The molecule has 1 N–H and O–H groups in total. The number of carbonyl (C=O) groups excluding carboxylic acids is 5. The van der Waals surface area contributed by atoms with Gasteiger partial charge >= 0.3 is 35.1 Å². The lowest BCUT2D eigenvalue weighted by molar-refractivity contribution is -0.163. The molecular formula is C46H52Cl4F6N4O11S3. The zero-order chi connectivity index (χ0) is 54.6. The first-order chi connectivity index (χ1) is 33.5. The van der Waals surface area contributed by atoms with Crippen molar-refractivity contribution in [3.8, 4) is 11.5 Å². The van der Waals surface area contributed by atoms with Gasteiger partial charge in [-0.2, -0.15) is 53.3 Å². The Morgan fingerprint density at radius 1 is 0.581 bits per heavy atom. The summed E-state index contributed by atoms with van der Waals surface area (Å²) in [6.07, 6.45) is -13.6. The molecule has 74 heavy (non-hydrogen) atoms. The van der Waals surface area contributed by atoms with Crippen molar-refractivity contribution in [2.24, 2.45) is 0 Å². The number of likely N-dealkylation sites (N-methyl/N-ethyl adjacent to an activating group) is 4. The van der Waals surface area contributed by atoms with Crippen LogP contribution in [0.1, 0.15) is 49.7 Å². The number of aliphatic hydroxyl groups excluding tert-OH is 1. The molecular weight excluding hydrogens is 1140 g/mol. The predicted molar refractivity (Wildman–Crippen MR) is 275 cm³/mol. The molecule has 410 valence electrons. The molecule has 4 aromatic carbocycles. The summed E-state index contributed by atoms with van der Waals surface area (Å²) in [7, 11) is 2.08. The fraction of sp³-hybridized carbons (Fsp3) is 0.370. The number of hydrogen-bond acceptors (Lipinski definition) is 11. The van der Waals surface area contributed by atoms with E-state index in [-0.39, 0.29) is 104 Å². The van der Waals surface area contributed by atoms with Crippen LogP contribution in [0.15, 0.2) is 97.1 Å². The van der Waals surface area contributed by atoms with Crippen LogP contribution in [-0.2, 0) is 36.1 Å². The molecule has 0 aliphatic carbocycles. The van der Waals surface area contributed by atoms with Crippen LogP contribution in [0, 0.1) is 0 Å². The second-order valence-electron chi connectivity index (χ2n) is 15.6. The highest BCUT2D eigenvalue weighted by Crippen LogP contribution is 2.40. The number of nitrogens with zero attached hydrogens (tertiary/aromatic N) is 4. The van der Waals surface area contributed by atoms with Gasteiger partial charge in [-0.25, -0.2) is 9.59 Å². The maximum absolute atomic E-state index is 13.1. The minimum atomic E-state index is -4.71. The van der Waals surface area contributed by atoms with Crippen molar-refractivity contribution in [2.75, 3.05) is 47.9 Å². The summed E-state index contributed by atoms with van der Waals surface area (Å²) in [6.45, 7) is -0.945. The number of amides is 4. The van der Waals surface area contributed by atoms with E-state index in [4.69, 9.17) is 68.5 Å². The van der Waals surface area contributed by atoms with Gasteiger partial charge in [0.25, 0.3) is 0 Å². The highest BCUT2D eigenvalue weighted by molar-refractivity contribution is 7.59. The van der Waals surface area contributed by atoms with E-state index in [0.717, 1.165) is 14.7 Å². The molecule has 4 rings (SSSR count). The summed E-state index contributed by atoms with van der Waals surface area (Å²) in [5.41, 5.74) is -2.08. The Morgan fingerprint density at radius 3 is 1.22 bits per heavy atom. The standard InChI is InChI=1S/C23H25Cl2F3N2O4.C23H23Cl2F3N2O4.O3S.2H2S/c2*1-29(20(32)14-23(26,27)28)15-22(11-6-12-31,16-9-10-18(24)19(25)13-16)30(2)21(33)34-17-7-4-3-5-8-17;1-4(2)3;;/h3-5,7-10,13,31H,6,11-12,14-15H2,1-2H3;3-5,7-10,12-13H,6,11,14-15H2,1-2H3;;2*1H2/t2*22-;;;/m11.../s1. The van der Waals surface area contributed by atoms with Crippen molar-refractivity contribution in [2.45, 2.75) is 62.0 Å². The lowest BCUT2D eigenvalue weighted by Gasteiger charge is -2.44. The topological polar surface area (TPSA) is 188 Å². The van der Waals surface area contributed by atoms with E-state index in [1.165, 1.54) is 63.4 Å². The van der Waals surface area contributed by atoms with Crippen molar-refractivity contribution < 1.29 is 77.5 Å². The van der Waals surface area contributed by atoms with Crippen molar-refractivity contribution >= 4 is 114 Å². The van der Waals surface area contributed by atoms with Gasteiger partial charge in [0.2, 0.25) is 11.8 Å². The van der Waals surface area contributed by atoms with Gasteiger partial charge in [0, 0.05) is 54.3 Å². The third-order valence-electron chi connectivity index (χ3n) is 10.6. The lowest BCUT2D eigenvalue weighted by atomic mass is 9.83. The highest BCUT2D eigenvalue weighted by atomic mass is 35.5. The Bertz CT molecular complexity index is 2580. The predicted octanol–water partition coefficient (Wildman–Crippen LogP) is 10.4. The smallest absolute Gasteiger partial charge is 0.410 e. The summed E-state index contributed by atoms with van der Waals surface area (Å²) in [6, 6.07) is 25.3. The van der Waals surface area contributed by atoms with Crippen LogP contribution in [-0.4, -0.2) is 128 Å². The fourth-order valence-corrected chi connectivity index (χ4v) is 7.64. The molecule has 0 aliphatic heterocycles. The molecule has 2 atom stereocenters. The number of para-hydroxylation sites is 2. The molecule has 0 heterocycles. The zero-order valence-electron chi connectivity index (χ0n) is 39.7. The van der Waals surface area contributed by atoms with Gasteiger partial charge < -0.3 is 29.2 Å². The van der Waals surface area contributed by atoms with Crippen molar-refractivity contribution in [1.29, 1.82) is 0 Å². The molecule has 0 bridgehead atoms. The minimum absolute atomic E-state index is 0. The maximum Gasteiger partial charge on any atom is 0.425 e. The molecule has 0 aliphatic rings. The molecule has 4 aromatic rings. The first kappa shape index (κ1) is 69.0. The normalized spacial score (nSPS) is 12.4. The molecule has 0 radical (unpaired) electrons. The Labute approximate surface area is 458 Å². The summed E-state index contributed by atoms with van der Waals surface area (Å²) >= 11 is 24.5. The molecule has 28 heteroatoms. The fourth-order valence-electron chi connectivity index (χ4n) is 7.04. The Balaban J connectivity index is 0.00000131. The Hall–Kier alpha value is -4.95. The molecule has 0 saturated carbocycles. The summed E-state index contributed by atoms with van der Waals surface area (Å²) < 4.78 is 113. The summed E-state index contributed by atoms with van der Waals surface area (Å²) in [5.74, 6) is -1.89. The first-order valence-electron chi connectivity index (χ1n) is 20.9. The highest BCUT2D eigenvalue weighted by Gasteiger charge is 2.45. The Kier molecular flexibility index (Phi) is 29.7. The van der Waals surface area contributed by atoms with Crippen LogP contribution in [0.5, 0.6) is 11.5 Å². The van der Waals surface area contributed by atoms with E-state index >= 15 is 0 Å². The third-order valence-corrected chi connectivity index (χ3v) is 12.1. The van der Waals surface area contributed by atoms with Crippen molar-refractivity contribution in [1.82, 2.24) is 19.6 Å². The van der Waals surface area contributed by atoms with E-state index in [9.17, 15) is 55.4 Å². The summed E-state index contributed by atoms with van der Waals surface area (Å²) in [4.78, 5) is 66.3. The van der Waals surface area contributed by atoms with E-state index in [1.54, 1.807) is 66.7 Å². The second kappa shape index (κ2) is 31.8. The van der Waals surface area contributed by atoms with E-state index in [2.05, 4.69) is 0 Å². The SMILES string of the molecule is CN(C[C@](CCC=O)(c1ccc(Cl)c(Cl)c1)N(C)C(=O)Oc1ccccc1)C(=O)CC(F)(F)F.CN(C[C@](CCCO)(c1ccc(Cl)c(Cl)c1)N(C)C(=O)Oc1ccccc1)C(=O)CC(F)(F)F.O=S(=O)=O.S.S. The van der Waals surface area contributed by atoms with Gasteiger partial charge in [-0.05, 0) is 78.9 Å².